The second kappa shape index (κ2) is 9.08. The largest absolute Gasteiger partial charge is 0.484 e. The predicted octanol–water partition coefficient (Wildman–Crippen LogP) is 6.85. The monoisotopic (exact) mass is 437 g/mol. The summed E-state index contributed by atoms with van der Waals surface area (Å²) in [5, 5.41) is 1.01. The maximum atomic E-state index is 12.5. The molecule has 4 rings (SSSR count). The lowest BCUT2D eigenvalue weighted by molar-refractivity contribution is 0.104. The van der Waals surface area contributed by atoms with Crippen molar-refractivity contribution in [3.05, 3.63) is 112 Å². The molecule has 0 amide bonds. The topological polar surface area (TPSA) is 44.4 Å². The van der Waals surface area contributed by atoms with Gasteiger partial charge in [-0.15, -0.1) is 0 Å². The Bertz CT molecular complexity index is 1190. The number of hydrogen-bond acceptors (Lipinski definition) is 3. The zero-order valence-electron chi connectivity index (χ0n) is 15.8. The summed E-state index contributed by atoms with van der Waals surface area (Å²) in [4.78, 5) is 12.5. The number of aromatic nitrogens is 1. The molecule has 150 valence electrons. The van der Waals surface area contributed by atoms with Crippen molar-refractivity contribution in [2.45, 2.75) is 6.61 Å². The zero-order valence-corrected chi connectivity index (χ0v) is 17.3. The maximum absolute atomic E-state index is 12.5. The van der Waals surface area contributed by atoms with Crippen LogP contribution >= 0.6 is 23.2 Å². The third-order valence-electron chi connectivity index (χ3n) is 4.38. The summed E-state index contributed by atoms with van der Waals surface area (Å²) in [7, 11) is 0. The van der Waals surface area contributed by atoms with E-state index in [1.165, 1.54) is 6.08 Å². The van der Waals surface area contributed by atoms with Gasteiger partial charge < -0.3 is 13.7 Å². The standard InChI is InChI=1S/C24H17Cl2NO3/c25-18-6-10-22(26)24(15-18)29-16-21-8-7-20(30-21)9-11-23(28)17-4-3-5-19(14-17)27-12-1-2-13-27/h1-15H,16H2/b11-9+. The average Bonchev–Trinajstić information content (AvgIpc) is 3.45. The van der Waals surface area contributed by atoms with E-state index in [0.29, 0.717) is 32.9 Å². The van der Waals surface area contributed by atoms with E-state index in [4.69, 9.17) is 32.4 Å². The van der Waals surface area contributed by atoms with E-state index in [9.17, 15) is 4.79 Å². The van der Waals surface area contributed by atoms with E-state index in [2.05, 4.69) is 0 Å². The molecule has 2 heterocycles. The second-order valence-corrected chi connectivity index (χ2v) is 7.35. The predicted molar refractivity (Wildman–Crippen MR) is 119 cm³/mol. The first-order valence-corrected chi connectivity index (χ1v) is 9.96. The summed E-state index contributed by atoms with van der Waals surface area (Å²) in [6.45, 7) is 0.195. The normalized spacial score (nSPS) is 11.1. The highest BCUT2D eigenvalue weighted by Gasteiger charge is 2.07. The van der Waals surface area contributed by atoms with Crippen LogP contribution in [0.3, 0.4) is 0 Å². The van der Waals surface area contributed by atoms with Crippen molar-refractivity contribution in [3.63, 3.8) is 0 Å². The molecule has 0 atom stereocenters. The van der Waals surface area contributed by atoms with Crippen LogP contribution in [0.4, 0.5) is 0 Å². The summed E-state index contributed by atoms with van der Waals surface area (Å²) >= 11 is 12.0. The Balaban J connectivity index is 1.40. The van der Waals surface area contributed by atoms with Crippen LogP contribution in [0.1, 0.15) is 21.9 Å². The first kappa shape index (κ1) is 20.1. The molecule has 30 heavy (non-hydrogen) atoms. The minimum atomic E-state index is -0.107. The number of halogens is 2. The van der Waals surface area contributed by atoms with Crippen LogP contribution in [0.25, 0.3) is 11.8 Å². The number of benzene rings is 2. The number of furan rings is 1. The van der Waals surface area contributed by atoms with Gasteiger partial charge in [-0.05, 0) is 60.7 Å². The molecule has 0 spiro atoms. The van der Waals surface area contributed by atoms with E-state index in [-0.39, 0.29) is 12.4 Å². The van der Waals surface area contributed by atoms with Gasteiger partial charge in [-0.25, -0.2) is 0 Å². The fourth-order valence-corrected chi connectivity index (χ4v) is 3.21. The minimum absolute atomic E-state index is 0.107. The molecule has 0 radical (unpaired) electrons. The first-order chi connectivity index (χ1) is 14.6. The third kappa shape index (κ3) is 4.85. The van der Waals surface area contributed by atoms with Gasteiger partial charge in [0.25, 0.3) is 0 Å². The van der Waals surface area contributed by atoms with E-state index in [1.807, 2.05) is 47.3 Å². The van der Waals surface area contributed by atoms with Crippen molar-refractivity contribution in [1.82, 2.24) is 4.57 Å². The maximum Gasteiger partial charge on any atom is 0.186 e. The van der Waals surface area contributed by atoms with E-state index < -0.39 is 0 Å². The van der Waals surface area contributed by atoms with Gasteiger partial charge in [0.15, 0.2) is 5.78 Å². The number of ketones is 1. The lowest BCUT2D eigenvalue weighted by Gasteiger charge is -2.06. The van der Waals surface area contributed by atoms with Gasteiger partial charge >= 0.3 is 0 Å². The first-order valence-electron chi connectivity index (χ1n) is 9.21. The number of ether oxygens (including phenoxy) is 1. The van der Waals surface area contributed by atoms with Crippen molar-refractivity contribution >= 4 is 35.1 Å². The number of carbonyl (C=O) groups is 1. The van der Waals surface area contributed by atoms with Crippen LogP contribution in [-0.2, 0) is 6.61 Å². The van der Waals surface area contributed by atoms with Crippen LogP contribution in [0, 0.1) is 0 Å². The quantitative estimate of drug-likeness (QED) is 0.234. The molecule has 0 bridgehead atoms. The molecule has 4 nitrogen and oxygen atoms in total. The molecule has 2 aromatic heterocycles. The van der Waals surface area contributed by atoms with Gasteiger partial charge in [-0.3, -0.25) is 4.79 Å². The molecule has 2 aromatic carbocycles. The van der Waals surface area contributed by atoms with Gasteiger partial charge in [-0.1, -0.05) is 35.3 Å². The molecule has 4 aromatic rings. The van der Waals surface area contributed by atoms with Crippen molar-refractivity contribution < 1.29 is 13.9 Å². The summed E-state index contributed by atoms with van der Waals surface area (Å²) in [5.41, 5.74) is 1.53. The van der Waals surface area contributed by atoms with Gasteiger partial charge in [-0.2, -0.15) is 0 Å². The van der Waals surface area contributed by atoms with Gasteiger partial charge in [0.2, 0.25) is 0 Å². The highest BCUT2D eigenvalue weighted by Crippen LogP contribution is 2.28. The van der Waals surface area contributed by atoms with Crippen LogP contribution in [0.15, 0.2) is 89.6 Å². The molecule has 0 saturated carbocycles. The lowest BCUT2D eigenvalue weighted by atomic mass is 10.1. The molecule has 0 unspecified atom stereocenters. The molecular formula is C24H17Cl2NO3. The molecular weight excluding hydrogens is 421 g/mol. The van der Waals surface area contributed by atoms with E-state index >= 15 is 0 Å². The van der Waals surface area contributed by atoms with Crippen LogP contribution < -0.4 is 4.74 Å². The fraction of sp³-hybridized carbons (Fsp3) is 0.0417. The fourth-order valence-electron chi connectivity index (χ4n) is 2.88. The van der Waals surface area contributed by atoms with Crippen LogP contribution in [0.5, 0.6) is 5.75 Å². The highest BCUT2D eigenvalue weighted by molar-refractivity contribution is 6.34. The molecule has 6 heteroatoms. The number of carbonyl (C=O) groups excluding carboxylic acids is 1. The van der Waals surface area contributed by atoms with E-state index in [1.54, 1.807) is 42.5 Å². The lowest BCUT2D eigenvalue weighted by Crippen LogP contribution is -1.97. The SMILES string of the molecule is O=C(/C=C/c1ccc(COc2cc(Cl)ccc2Cl)o1)c1cccc(-n2cccc2)c1. The van der Waals surface area contributed by atoms with Gasteiger partial charge in [0.05, 0.1) is 5.02 Å². The van der Waals surface area contributed by atoms with Gasteiger partial charge in [0.1, 0.15) is 23.9 Å². The van der Waals surface area contributed by atoms with Crippen LogP contribution in [0.2, 0.25) is 10.0 Å². The molecule has 0 aliphatic heterocycles. The molecule has 0 aliphatic rings. The highest BCUT2D eigenvalue weighted by atomic mass is 35.5. The molecule has 0 saturated heterocycles. The number of nitrogens with zero attached hydrogens (tertiary/aromatic N) is 1. The minimum Gasteiger partial charge on any atom is -0.484 e. The van der Waals surface area contributed by atoms with Crippen molar-refractivity contribution in [2.75, 3.05) is 0 Å². The van der Waals surface area contributed by atoms with Crippen molar-refractivity contribution in [1.29, 1.82) is 0 Å². The Morgan fingerprint density at radius 2 is 1.83 bits per heavy atom. The Labute approximate surface area is 183 Å². The van der Waals surface area contributed by atoms with Gasteiger partial charge in [0, 0.05) is 34.7 Å². The number of allylic oxidation sites excluding steroid dienone is 1. The van der Waals surface area contributed by atoms with E-state index in [0.717, 1.165) is 5.69 Å². The second-order valence-electron chi connectivity index (χ2n) is 6.51. The zero-order chi connectivity index (χ0) is 20.9. The Morgan fingerprint density at radius 1 is 1.00 bits per heavy atom. The van der Waals surface area contributed by atoms with Crippen molar-refractivity contribution in [3.8, 4) is 11.4 Å². The number of rotatable bonds is 7. The molecule has 0 aliphatic carbocycles. The average molecular weight is 438 g/mol. The van der Waals surface area contributed by atoms with Crippen molar-refractivity contribution in [2.24, 2.45) is 0 Å². The molecule has 0 fully saturated rings. The molecule has 0 N–H and O–H groups in total. The summed E-state index contributed by atoms with van der Waals surface area (Å²) in [6, 6.07) is 19.9. The summed E-state index contributed by atoms with van der Waals surface area (Å²) in [5.74, 6) is 1.53. The van der Waals surface area contributed by atoms with Crippen LogP contribution in [-0.4, -0.2) is 10.4 Å². The summed E-state index contributed by atoms with van der Waals surface area (Å²) in [6.07, 6.45) is 7.00. The summed E-state index contributed by atoms with van der Waals surface area (Å²) < 4.78 is 13.3. The Hall–Kier alpha value is -3.21. The smallest absolute Gasteiger partial charge is 0.186 e. The number of hydrogen-bond donors (Lipinski definition) is 0. The Morgan fingerprint density at radius 3 is 2.67 bits per heavy atom. The Kier molecular flexibility index (Phi) is 6.07. The third-order valence-corrected chi connectivity index (χ3v) is 4.93.